The van der Waals surface area contributed by atoms with Gasteiger partial charge in [0.2, 0.25) is 0 Å². The van der Waals surface area contributed by atoms with E-state index in [-0.39, 0.29) is 0 Å². The minimum atomic E-state index is 0.373. The minimum absolute atomic E-state index is 0.373. The first kappa shape index (κ1) is 12.0. The van der Waals surface area contributed by atoms with Gasteiger partial charge in [-0.3, -0.25) is 0 Å². The molecule has 1 nitrogen and oxygen atoms in total. The average Bonchev–Trinajstić information content (AvgIpc) is 3.13. The summed E-state index contributed by atoms with van der Waals surface area (Å²) in [7, 11) is 0. The van der Waals surface area contributed by atoms with Crippen molar-refractivity contribution in [1.29, 1.82) is 0 Å². The van der Waals surface area contributed by atoms with E-state index in [1.807, 2.05) is 22.7 Å². The summed E-state index contributed by atoms with van der Waals surface area (Å²) in [4.78, 5) is 2.82. The van der Waals surface area contributed by atoms with Gasteiger partial charge in [0, 0.05) is 27.2 Å². The van der Waals surface area contributed by atoms with Crippen LogP contribution in [0.5, 0.6) is 0 Å². The Hall–Kier alpha value is -1.10. The Labute approximate surface area is 119 Å². The molecule has 3 aromatic heterocycles. The Morgan fingerprint density at radius 3 is 2.56 bits per heavy atom. The molecule has 0 aliphatic carbocycles. The number of hydrogen-bond acceptors (Lipinski definition) is 4. The highest BCUT2D eigenvalue weighted by molar-refractivity contribution is 7.10. The van der Waals surface area contributed by atoms with Crippen molar-refractivity contribution in [2.45, 2.75) is 12.5 Å². The topological polar surface area (TPSA) is 12.0 Å². The van der Waals surface area contributed by atoms with E-state index in [1.54, 1.807) is 11.3 Å². The van der Waals surface area contributed by atoms with Crippen LogP contribution in [-0.2, 0) is 6.42 Å². The first-order valence-corrected chi connectivity index (χ1v) is 8.46. The molecule has 0 spiro atoms. The molecule has 1 N–H and O–H groups in total. The molecule has 0 aliphatic rings. The third kappa shape index (κ3) is 2.83. The zero-order chi connectivity index (χ0) is 12.2. The lowest BCUT2D eigenvalue weighted by Crippen LogP contribution is -2.11. The highest BCUT2D eigenvalue weighted by Gasteiger charge is 2.14. The normalized spacial score (nSPS) is 12.4. The first-order valence-electron chi connectivity index (χ1n) is 5.76. The van der Waals surface area contributed by atoms with Gasteiger partial charge in [0.15, 0.2) is 0 Å². The Kier molecular flexibility index (Phi) is 3.78. The van der Waals surface area contributed by atoms with E-state index in [1.165, 1.54) is 15.4 Å². The Morgan fingerprint density at radius 1 is 1.00 bits per heavy atom. The summed E-state index contributed by atoms with van der Waals surface area (Å²) in [5.74, 6) is 0. The lowest BCUT2D eigenvalue weighted by molar-refractivity contribution is 0.803. The molecule has 1 unspecified atom stereocenters. The van der Waals surface area contributed by atoms with Gasteiger partial charge in [-0.15, -0.1) is 22.7 Å². The molecule has 92 valence electrons. The fourth-order valence-corrected chi connectivity index (χ4v) is 4.02. The predicted octanol–water partition coefficient (Wildman–Crippen LogP) is 5.27. The molecule has 3 rings (SSSR count). The van der Waals surface area contributed by atoms with E-state index in [9.17, 15) is 0 Å². The molecule has 0 aromatic carbocycles. The molecule has 3 aromatic rings. The molecular formula is C14H13NS3. The van der Waals surface area contributed by atoms with E-state index in [0.29, 0.717) is 6.04 Å². The van der Waals surface area contributed by atoms with Crippen molar-refractivity contribution in [3.05, 3.63) is 61.6 Å². The molecular weight excluding hydrogens is 278 g/mol. The van der Waals surface area contributed by atoms with Crippen LogP contribution in [0.2, 0.25) is 0 Å². The molecule has 0 aliphatic heterocycles. The van der Waals surface area contributed by atoms with Gasteiger partial charge in [0.1, 0.15) is 0 Å². The Bertz CT molecular complexity index is 516. The van der Waals surface area contributed by atoms with Crippen LogP contribution >= 0.6 is 34.0 Å². The van der Waals surface area contributed by atoms with E-state index in [2.05, 4.69) is 57.2 Å². The lowest BCUT2D eigenvalue weighted by Gasteiger charge is -2.17. The van der Waals surface area contributed by atoms with Crippen LogP contribution in [0, 0.1) is 0 Å². The second kappa shape index (κ2) is 5.69. The fraction of sp³-hybridized carbons (Fsp3) is 0.143. The van der Waals surface area contributed by atoms with E-state index in [0.717, 1.165) is 6.42 Å². The molecule has 0 radical (unpaired) electrons. The molecule has 0 bridgehead atoms. The van der Waals surface area contributed by atoms with Crippen LogP contribution in [0.1, 0.15) is 15.8 Å². The summed E-state index contributed by atoms with van der Waals surface area (Å²) >= 11 is 5.38. The van der Waals surface area contributed by atoms with Crippen LogP contribution in [0.15, 0.2) is 51.9 Å². The van der Waals surface area contributed by atoms with Gasteiger partial charge in [-0.1, -0.05) is 12.1 Å². The minimum Gasteiger partial charge on any atom is -0.376 e. The maximum atomic E-state index is 3.63. The van der Waals surface area contributed by atoms with Gasteiger partial charge >= 0.3 is 0 Å². The largest absolute Gasteiger partial charge is 0.376 e. The van der Waals surface area contributed by atoms with Crippen LogP contribution in [0.25, 0.3) is 0 Å². The van der Waals surface area contributed by atoms with Crippen molar-refractivity contribution in [3.63, 3.8) is 0 Å². The summed E-state index contributed by atoms with van der Waals surface area (Å²) < 4.78 is 0. The van der Waals surface area contributed by atoms with Crippen molar-refractivity contribution < 1.29 is 0 Å². The van der Waals surface area contributed by atoms with Crippen molar-refractivity contribution >= 4 is 39.7 Å². The van der Waals surface area contributed by atoms with Crippen LogP contribution in [0.3, 0.4) is 0 Å². The second-order valence-corrected chi connectivity index (χ2v) is 6.80. The average molecular weight is 291 g/mol. The SMILES string of the molecule is c1csc(CC(Nc2ccsc2)c2cccs2)c1. The quantitative estimate of drug-likeness (QED) is 0.675. The number of rotatable bonds is 5. The highest BCUT2D eigenvalue weighted by Crippen LogP contribution is 2.29. The lowest BCUT2D eigenvalue weighted by atomic mass is 10.1. The van der Waals surface area contributed by atoms with Crippen molar-refractivity contribution in [2.75, 3.05) is 5.32 Å². The second-order valence-electron chi connectivity index (χ2n) is 4.01. The summed E-state index contributed by atoms with van der Waals surface area (Å²) in [5.41, 5.74) is 1.22. The molecule has 0 saturated heterocycles. The Balaban J connectivity index is 1.80. The first-order chi connectivity index (χ1) is 8.92. The molecule has 0 saturated carbocycles. The number of nitrogens with one attached hydrogen (secondary N) is 1. The van der Waals surface area contributed by atoms with Gasteiger partial charge < -0.3 is 5.32 Å². The molecule has 1 atom stereocenters. The third-order valence-corrected chi connectivity index (χ3v) is 5.30. The van der Waals surface area contributed by atoms with Gasteiger partial charge in [0.25, 0.3) is 0 Å². The zero-order valence-electron chi connectivity index (χ0n) is 9.71. The van der Waals surface area contributed by atoms with E-state index >= 15 is 0 Å². The highest BCUT2D eigenvalue weighted by atomic mass is 32.1. The summed E-state index contributed by atoms with van der Waals surface area (Å²) in [6.07, 6.45) is 1.05. The number of thiophene rings is 3. The van der Waals surface area contributed by atoms with Gasteiger partial charge in [0.05, 0.1) is 6.04 Å². The molecule has 0 fully saturated rings. The monoisotopic (exact) mass is 291 g/mol. The Morgan fingerprint density at radius 2 is 1.89 bits per heavy atom. The summed E-state index contributed by atoms with van der Waals surface area (Å²) in [5, 5.41) is 12.2. The predicted molar refractivity (Wildman–Crippen MR) is 83.0 cm³/mol. The van der Waals surface area contributed by atoms with Crippen LogP contribution < -0.4 is 5.32 Å². The molecule has 3 heterocycles. The maximum absolute atomic E-state index is 3.63. The smallest absolute Gasteiger partial charge is 0.0654 e. The summed E-state index contributed by atoms with van der Waals surface area (Å²) in [6, 6.07) is 11.2. The molecule has 4 heteroatoms. The van der Waals surface area contributed by atoms with Crippen molar-refractivity contribution in [2.24, 2.45) is 0 Å². The molecule has 0 amide bonds. The van der Waals surface area contributed by atoms with Crippen molar-refractivity contribution in [3.8, 4) is 0 Å². The van der Waals surface area contributed by atoms with Gasteiger partial charge in [-0.25, -0.2) is 0 Å². The number of anilines is 1. The van der Waals surface area contributed by atoms with E-state index in [4.69, 9.17) is 0 Å². The van der Waals surface area contributed by atoms with Crippen LogP contribution in [0.4, 0.5) is 5.69 Å². The van der Waals surface area contributed by atoms with Crippen LogP contribution in [-0.4, -0.2) is 0 Å². The molecule has 18 heavy (non-hydrogen) atoms. The van der Waals surface area contributed by atoms with Crippen molar-refractivity contribution in [1.82, 2.24) is 0 Å². The third-order valence-electron chi connectivity index (χ3n) is 2.73. The fourth-order valence-electron chi connectivity index (χ4n) is 1.89. The maximum Gasteiger partial charge on any atom is 0.0654 e. The van der Waals surface area contributed by atoms with Gasteiger partial charge in [-0.2, -0.15) is 11.3 Å². The summed E-state index contributed by atoms with van der Waals surface area (Å²) in [6.45, 7) is 0. The van der Waals surface area contributed by atoms with Gasteiger partial charge in [-0.05, 0) is 34.3 Å². The number of hydrogen-bond donors (Lipinski definition) is 1. The zero-order valence-corrected chi connectivity index (χ0v) is 12.2. The standard InChI is InChI=1S/C14H13NS3/c1-3-12(17-6-1)9-13(14-4-2-7-18-14)15-11-5-8-16-10-11/h1-8,10,13,15H,9H2. The van der Waals surface area contributed by atoms with E-state index < -0.39 is 0 Å².